The third-order valence-electron chi connectivity index (χ3n) is 4.68. The summed E-state index contributed by atoms with van der Waals surface area (Å²) in [5.74, 6) is 0. The molecule has 0 unspecified atom stereocenters. The van der Waals surface area contributed by atoms with Crippen molar-refractivity contribution in [3.8, 4) is 0 Å². The minimum Gasteiger partial charge on any atom is -0.362 e. The largest absolute Gasteiger partial charge is 0.362 e. The number of hydrogen-bond donors (Lipinski definition) is 1. The van der Waals surface area contributed by atoms with Crippen LogP contribution in [0.2, 0.25) is 0 Å². The molecule has 1 spiro atoms. The van der Waals surface area contributed by atoms with Gasteiger partial charge in [-0.3, -0.25) is 0 Å². The lowest BCUT2D eigenvalue weighted by Crippen LogP contribution is -2.52. The second kappa shape index (κ2) is 3.41. The molecule has 4 rings (SSSR count). The molecule has 2 aromatic carbocycles. The van der Waals surface area contributed by atoms with Gasteiger partial charge in [0.2, 0.25) is 0 Å². The Bertz CT molecular complexity index is 606. The van der Waals surface area contributed by atoms with Gasteiger partial charge in [0.05, 0.1) is 0 Å². The predicted molar refractivity (Wildman–Crippen MR) is 77.2 cm³/mol. The monoisotopic (exact) mass is 238 g/mol. The number of nitrogens with zero attached hydrogens (tertiary/aromatic N) is 1. The van der Waals surface area contributed by atoms with Gasteiger partial charge in [0.25, 0.3) is 0 Å². The molecule has 0 amide bonds. The van der Waals surface area contributed by atoms with Crippen molar-refractivity contribution < 1.29 is 0 Å². The molecule has 2 aromatic rings. The molecule has 1 aliphatic carbocycles. The van der Waals surface area contributed by atoms with Gasteiger partial charge in [-0.15, -0.1) is 0 Å². The molecule has 0 radical (unpaired) electrons. The number of rotatable bonds is 0. The number of nitrogens with one attached hydrogen (secondary N) is 1. The van der Waals surface area contributed by atoms with E-state index in [2.05, 4.69) is 53.7 Å². The highest BCUT2D eigenvalue weighted by atomic mass is 15.3. The second-order valence-electron chi connectivity index (χ2n) is 5.60. The van der Waals surface area contributed by atoms with Crippen molar-refractivity contribution in [3.63, 3.8) is 0 Å². The Morgan fingerprint density at radius 2 is 1.78 bits per heavy atom. The average molecular weight is 238 g/mol. The van der Waals surface area contributed by atoms with Crippen LogP contribution in [0.3, 0.4) is 0 Å². The van der Waals surface area contributed by atoms with E-state index in [4.69, 9.17) is 0 Å². The van der Waals surface area contributed by atoms with Crippen LogP contribution in [0.4, 0.5) is 11.4 Å². The molecule has 1 N–H and O–H groups in total. The van der Waals surface area contributed by atoms with Crippen molar-refractivity contribution in [2.75, 3.05) is 17.3 Å². The smallest absolute Gasteiger partial charge is 0.110 e. The maximum atomic E-state index is 3.81. The summed E-state index contributed by atoms with van der Waals surface area (Å²) in [5, 5.41) is 6.52. The van der Waals surface area contributed by atoms with E-state index in [-0.39, 0.29) is 5.66 Å². The van der Waals surface area contributed by atoms with Gasteiger partial charge in [0.15, 0.2) is 0 Å². The Morgan fingerprint density at radius 3 is 2.56 bits per heavy atom. The van der Waals surface area contributed by atoms with Crippen LogP contribution in [0.15, 0.2) is 36.4 Å². The fourth-order valence-corrected chi connectivity index (χ4v) is 3.69. The van der Waals surface area contributed by atoms with Crippen LogP contribution in [-0.2, 0) is 0 Å². The summed E-state index contributed by atoms with van der Waals surface area (Å²) in [6, 6.07) is 13.2. The summed E-state index contributed by atoms with van der Waals surface area (Å²) in [7, 11) is 2.24. The van der Waals surface area contributed by atoms with Gasteiger partial charge in [-0.1, -0.05) is 24.3 Å². The van der Waals surface area contributed by atoms with Gasteiger partial charge in [-0.05, 0) is 43.2 Å². The van der Waals surface area contributed by atoms with Crippen LogP contribution in [0.1, 0.15) is 25.7 Å². The van der Waals surface area contributed by atoms with E-state index < -0.39 is 0 Å². The van der Waals surface area contributed by atoms with Crippen LogP contribution in [0.25, 0.3) is 10.8 Å². The van der Waals surface area contributed by atoms with Crippen molar-refractivity contribution >= 4 is 22.1 Å². The summed E-state index contributed by atoms with van der Waals surface area (Å²) < 4.78 is 0. The van der Waals surface area contributed by atoms with Crippen molar-refractivity contribution in [2.24, 2.45) is 0 Å². The van der Waals surface area contributed by atoms with Crippen LogP contribution in [0.5, 0.6) is 0 Å². The van der Waals surface area contributed by atoms with Crippen molar-refractivity contribution in [2.45, 2.75) is 31.3 Å². The maximum absolute atomic E-state index is 3.81. The zero-order chi connectivity index (χ0) is 12.2. The Morgan fingerprint density at radius 1 is 1.06 bits per heavy atom. The van der Waals surface area contributed by atoms with Crippen LogP contribution in [0, 0.1) is 0 Å². The first-order chi connectivity index (χ1) is 8.80. The minimum atomic E-state index is 0.155. The topological polar surface area (TPSA) is 15.3 Å². The highest BCUT2D eigenvalue weighted by molar-refractivity contribution is 6.05. The highest BCUT2D eigenvalue weighted by Crippen LogP contribution is 2.46. The van der Waals surface area contributed by atoms with E-state index in [0.29, 0.717) is 0 Å². The highest BCUT2D eigenvalue weighted by Gasteiger charge is 2.41. The average Bonchev–Trinajstić information content (AvgIpc) is 2.86. The molecule has 2 nitrogen and oxygen atoms in total. The molecule has 18 heavy (non-hydrogen) atoms. The molecule has 2 aliphatic rings. The number of benzene rings is 2. The summed E-state index contributed by atoms with van der Waals surface area (Å²) in [6.45, 7) is 0. The van der Waals surface area contributed by atoms with Crippen LogP contribution in [-0.4, -0.2) is 12.7 Å². The molecular weight excluding hydrogens is 220 g/mol. The van der Waals surface area contributed by atoms with E-state index in [1.165, 1.54) is 47.8 Å². The van der Waals surface area contributed by atoms with Crippen molar-refractivity contribution in [3.05, 3.63) is 36.4 Å². The molecule has 0 aromatic heterocycles. The van der Waals surface area contributed by atoms with Gasteiger partial charge >= 0.3 is 0 Å². The fourth-order valence-electron chi connectivity index (χ4n) is 3.69. The summed E-state index contributed by atoms with van der Waals surface area (Å²) in [5.41, 5.74) is 2.84. The standard InChI is InChI=1S/C16H18N2/c1-18-14-9-5-7-12-6-4-8-13(15(12)14)17-16(18)10-2-3-11-16/h4-9,17H,2-3,10-11H2,1H3. The molecule has 2 heteroatoms. The Labute approximate surface area is 108 Å². The molecule has 92 valence electrons. The third-order valence-corrected chi connectivity index (χ3v) is 4.68. The molecule has 1 aliphatic heterocycles. The maximum Gasteiger partial charge on any atom is 0.110 e. The Hall–Kier alpha value is -1.70. The second-order valence-corrected chi connectivity index (χ2v) is 5.60. The third kappa shape index (κ3) is 1.18. The minimum absolute atomic E-state index is 0.155. The van der Waals surface area contributed by atoms with Crippen molar-refractivity contribution in [1.29, 1.82) is 0 Å². The molecular formula is C16H18N2. The van der Waals surface area contributed by atoms with Crippen molar-refractivity contribution in [1.82, 2.24) is 0 Å². The normalized spacial score (nSPS) is 20.4. The van der Waals surface area contributed by atoms with Gasteiger partial charge < -0.3 is 10.2 Å². The quantitative estimate of drug-likeness (QED) is 0.747. The van der Waals surface area contributed by atoms with Crippen LogP contribution < -0.4 is 10.2 Å². The first kappa shape index (κ1) is 10.2. The van der Waals surface area contributed by atoms with E-state index in [1.54, 1.807) is 0 Å². The summed E-state index contributed by atoms with van der Waals surface area (Å²) >= 11 is 0. The number of anilines is 2. The van der Waals surface area contributed by atoms with Crippen LogP contribution >= 0.6 is 0 Å². The molecule has 0 bridgehead atoms. The first-order valence-corrected chi connectivity index (χ1v) is 6.84. The Kier molecular flexibility index (Phi) is 1.94. The first-order valence-electron chi connectivity index (χ1n) is 6.84. The van der Waals surface area contributed by atoms with E-state index in [1.807, 2.05) is 0 Å². The number of hydrogen-bond acceptors (Lipinski definition) is 2. The van der Waals surface area contributed by atoms with Gasteiger partial charge in [0.1, 0.15) is 5.66 Å². The summed E-state index contributed by atoms with van der Waals surface area (Å²) in [4.78, 5) is 2.47. The zero-order valence-electron chi connectivity index (χ0n) is 10.7. The van der Waals surface area contributed by atoms with Gasteiger partial charge in [-0.2, -0.15) is 0 Å². The zero-order valence-corrected chi connectivity index (χ0v) is 10.7. The van der Waals surface area contributed by atoms with Gasteiger partial charge in [-0.25, -0.2) is 0 Å². The SMILES string of the molecule is CN1c2cccc3cccc(c23)NC12CCCC2. The molecule has 1 fully saturated rings. The van der Waals surface area contributed by atoms with Gasteiger partial charge in [0, 0.05) is 23.8 Å². The lowest BCUT2D eigenvalue weighted by atomic mass is 9.96. The lowest BCUT2D eigenvalue weighted by molar-refractivity contribution is 0.470. The Balaban J connectivity index is 2.00. The van der Waals surface area contributed by atoms with E-state index in [0.717, 1.165) is 0 Å². The molecule has 1 saturated carbocycles. The predicted octanol–water partition coefficient (Wildman–Crippen LogP) is 3.97. The van der Waals surface area contributed by atoms with E-state index >= 15 is 0 Å². The molecule has 0 atom stereocenters. The van der Waals surface area contributed by atoms with E-state index in [9.17, 15) is 0 Å². The summed E-state index contributed by atoms with van der Waals surface area (Å²) in [6.07, 6.45) is 5.15. The fraction of sp³-hybridized carbons (Fsp3) is 0.375. The molecule has 1 heterocycles. The molecule has 0 saturated heterocycles. The lowest BCUT2D eigenvalue weighted by Gasteiger charge is -2.46.